The number of hydrogen-bond donors (Lipinski definition) is 0. The van der Waals surface area contributed by atoms with Gasteiger partial charge < -0.3 is 9.42 Å². The molecule has 0 spiro atoms. The Labute approximate surface area is 108 Å². The Kier molecular flexibility index (Phi) is 2.83. The molecular weight excluding hydrogens is 252 g/mol. The lowest BCUT2D eigenvalue weighted by molar-refractivity contribution is 0.0719. The quantitative estimate of drug-likeness (QED) is 0.827. The van der Waals surface area contributed by atoms with Crippen LogP contribution in [0.1, 0.15) is 40.0 Å². The van der Waals surface area contributed by atoms with Gasteiger partial charge in [-0.15, -0.1) is 5.10 Å². The van der Waals surface area contributed by atoms with Crippen molar-refractivity contribution in [1.82, 2.24) is 19.6 Å². The van der Waals surface area contributed by atoms with Gasteiger partial charge in [0.2, 0.25) is 0 Å². The van der Waals surface area contributed by atoms with Crippen LogP contribution in [0.5, 0.6) is 0 Å². The van der Waals surface area contributed by atoms with Crippen LogP contribution >= 0.6 is 11.5 Å². The van der Waals surface area contributed by atoms with Crippen molar-refractivity contribution in [3.63, 3.8) is 0 Å². The van der Waals surface area contributed by atoms with Gasteiger partial charge in [0.15, 0.2) is 5.76 Å². The average molecular weight is 264 g/mol. The molecule has 1 fully saturated rings. The summed E-state index contributed by atoms with van der Waals surface area (Å²) in [5, 5.41) is 7.58. The summed E-state index contributed by atoms with van der Waals surface area (Å²) < 4.78 is 9.00. The van der Waals surface area contributed by atoms with Crippen LogP contribution < -0.4 is 0 Å². The summed E-state index contributed by atoms with van der Waals surface area (Å²) in [5.74, 6) is 0.734. The molecule has 94 valence electrons. The largest absolute Gasteiger partial charge is 0.359 e. The Morgan fingerprint density at radius 2 is 2.50 bits per heavy atom. The monoisotopic (exact) mass is 264 g/mol. The predicted octanol–water partition coefficient (Wildman–Crippen LogP) is 1.81. The zero-order valence-electron chi connectivity index (χ0n) is 9.87. The molecule has 1 aliphatic heterocycles. The summed E-state index contributed by atoms with van der Waals surface area (Å²) in [7, 11) is 0. The molecule has 0 bridgehead atoms. The molecular formula is C11H12N4O2S. The van der Waals surface area contributed by atoms with E-state index < -0.39 is 0 Å². The Bertz CT molecular complexity index is 551. The molecule has 0 N–H and O–H groups in total. The van der Waals surface area contributed by atoms with E-state index in [0.717, 1.165) is 42.4 Å². The fraction of sp³-hybridized carbons (Fsp3) is 0.455. The van der Waals surface area contributed by atoms with Gasteiger partial charge in [-0.25, -0.2) is 0 Å². The van der Waals surface area contributed by atoms with Gasteiger partial charge in [-0.1, -0.05) is 9.64 Å². The van der Waals surface area contributed by atoms with Crippen LogP contribution in [-0.2, 0) is 0 Å². The Hall–Kier alpha value is -1.76. The second kappa shape index (κ2) is 4.49. The van der Waals surface area contributed by atoms with Crippen molar-refractivity contribution in [2.75, 3.05) is 6.54 Å². The van der Waals surface area contributed by atoms with Crippen LogP contribution in [0.4, 0.5) is 0 Å². The van der Waals surface area contributed by atoms with E-state index in [4.69, 9.17) is 4.52 Å². The summed E-state index contributed by atoms with van der Waals surface area (Å²) in [6.07, 6.45) is 3.39. The second-order valence-electron chi connectivity index (χ2n) is 4.31. The van der Waals surface area contributed by atoms with Gasteiger partial charge >= 0.3 is 0 Å². The van der Waals surface area contributed by atoms with Crippen molar-refractivity contribution in [2.24, 2.45) is 0 Å². The third-order valence-corrected chi connectivity index (χ3v) is 3.71. The number of carbonyl (C=O) groups is 1. The highest BCUT2D eigenvalue weighted by atomic mass is 32.1. The topological polar surface area (TPSA) is 72.1 Å². The van der Waals surface area contributed by atoms with Crippen LogP contribution in [0, 0.1) is 6.92 Å². The van der Waals surface area contributed by atoms with Crippen LogP contribution in [-0.4, -0.2) is 32.1 Å². The van der Waals surface area contributed by atoms with Gasteiger partial charge in [0, 0.05) is 12.6 Å². The van der Waals surface area contributed by atoms with E-state index >= 15 is 0 Å². The smallest absolute Gasteiger partial charge is 0.267 e. The molecule has 1 amide bonds. The van der Waals surface area contributed by atoms with Gasteiger partial charge in [-0.05, 0) is 31.3 Å². The highest BCUT2D eigenvalue weighted by Crippen LogP contribution is 2.33. The first-order valence-electron chi connectivity index (χ1n) is 5.77. The first-order chi connectivity index (χ1) is 8.75. The lowest BCUT2D eigenvalue weighted by Crippen LogP contribution is -2.29. The molecule has 1 unspecified atom stereocenters. The Morgan fingerprint density at radius 1 is 1.61 bits per heavy atom. The summed E-state index contributed by atoms with van der Waals surface area (Å²) in [5.41, 5.74) is 0.837. The fourth-order valence-electron chi connectivity index (χ4n) is 2.25. The number of aryl methyl sites for hydroxylation is 1. The molecule has 1 atom stereocenters. The zero-order chi connectivity index (χ0) is 12.5. The summed E-state index contributed by atoms with van der Waals surface area (Å²) in [6.45, 7) is 2.61. The molecule has 0 saturated carbocycles. The molecule has 1 saturated heterocycles. The predicted molar refractivity (Wildman–Crippen MR) is 64.2 cm³/mol. The molecule has 18 heavy (non-hydrogen) atoms. The zero-order valence-corrected chi connectivity index (χ0v) is 10.7. The molecule has 2 aromatic heterocycles. The molecule has 0 aromatic carbocycles. The highest BCUT2D eigenvalue weighted by Gasteiger charge is 2.33. The van der Waals surface area contributed by atoms with E-state index in [0.29, 0.717) is 4.88 Å². The number of amides is 1. The maximum absolute atomic E-state index is 12.3. The minimum atomic E-state index is -0.0263. The normalized spacial score (nSPS) is 19.4. The standard InChI is InChI=1S/C11H12N4O2S/c1-7-5-9(17-13-7)8-3-2-4-15(8)11(16)10-6-12-14-18-10/h5-6,8H,2-4H2,1H3. The molecule has 2 aromatic rings. The van der Waals surface area contributed by atoms with Crippen molar-refractivity contribution in [1.29, 1.82) is 0 Å². The maximum Gasteiger partial charge on any atom is 0.267 e. The Morgan fingerprint density at radius 3 is 3.17 bits per heavy atom. The van der Waals surface area contributed by atoms with E-state index in [1.807, 2.05) is 17.9 Å². The SMILES string of the molecule is Cc1cc(C2CCCN2C(=O)c2cnns2)on1. The van der Waals surface area contributed by atoms with Gasteiger partial charge in [-0.3, -0.25) is 4.79 Å². The van der Waals surface area contributed by atoms with Crippen LogP contribution in [0.3, 0.4) is 0 Å². The molecule has 3 heterocycles. The molecule has 0 radical (unpaired) electrons. The second-order valence-corrected chi connectivity index (χ2v) is 5.09. The number of aromatic nitrogens is 3. The van der Waals surface area contributed by atoms with E-state index in [2.05, 4.69) is 14.7 Å². The fourth-order valence-corrected chi connectivity index (χ4v) is 2.72. The third-order valence-electron chi connectivity index (χ3n) is 3.06. The minimum absolute atomic E-state index is 0.0131. The van der Waals surface area contributed by atoms with E-state index in [9.17, 15) is 4.79 Å². The molecule has 0 aliphatic carbocycles. The number of nitrogens with zero attached hydrogens (tertiary/aromatic N) is 4. The number of rotatable bonds is 2. The lowest BCUT2D eigenvalue weighted by Gasteiger charge is -2.21. The summed E-state index contributed by atoms with van der Waals surface area (Å²) in [4.78, 5) is 14.7. The van der Waals surface area contributed by atoms with Gasteiger partial charge in [0.1, 0.15) is 4.88 Å². The van der Waals surface area contributed by atoms with Gasteiger partial charge in [0.25, 0.3) is 5.91 Å². The molecule has 1 aliphatic rings. The molecule has 6 nitrogen and oxygen atoms in total. The van der Waals surface area contributed by atoms with Crippen molar-refractivity contribution in [2.45, 2.75) is 25.8 Å². The van der Waals surface area contributed by atoms with Crippen molar-refractivity contribution in [3.8, 4) is 0 Å². The number of hydrogen-bond acceptors (Lipinski definition) is 6. The van der Waals surface area contributed by atoms with E-state index in [1.54, 1.807) is 0 Å². The van der Waals surface area contributed by atoms with Crippen LogP contribution in [0.15, 0.2) is 16.8 Å². The minimum Gasteiger partial charge on any atom is -0.359 e. The molecule has 7 heteroatoms. The Balaban J connectivity index is 1.85. The lowest BCUT2D eigenvalue weighted by atomic mass is 10.1. The van der Waals surface area contributed by atoms with Crippen LogP contribution in [0.25, 0.3) is 0 Å². The van der Waals surface area contributed by atoms with Crippen molar-refractivity contribution in [3.05, 3.63) is 28.6 Å². The van der Waals surface area contributed by atoms with Gasteiger partial charge in [-0.2, -0.15) is 0 Å². The average Bonchev–Trinajstić information content (AvgIpc) is 3.09. The van der Waals surface area contributed by atoms with E-state index in [1.165, 1.54) is 6.20 Å². The first kappa shape index (κ1) is 11.3. The molecule has 3 rings (SSSR count). The van der Waals surface area contributed by atoms with Crippen molar-refractivity contribution >= 4 is 17.4 Å². The number of carbonyl (C=O) groups excluding carboxylic acids is 1. The third kappa shape index (κ3) is 1.90. The summed E-state index contributed by atoms with van der Waals surface area (Å²) >= 11 is 1.12. The van der Waals surface area contributed by atoms with Crippen LogP contribution in [0.2, 0.25) is 0 Å². The number of likely N-dealkylation sites (tertiary alicyclic amines) is 1. The summed E-state index contributed by atoms with van der Waals surface area (Å²) in [6, 6.07) is 1.88. The first-order valence-corrected chi connectivity index (χ1v) is 6.54. The highest BCUT2D eigenvalue weighted by molar-refractivity contribution is 7.07. The van der Waals surface area contributed by atoms with Crippen molar-refractivity contribution < 1.29 is 9.32 Å². The van der Waals surface area contributed by atoms with Gasteiger partial charge in [0.05, 0.1) is 17.9 Å². The van der Waals surface area contributed by atoms with E-state index in [-0.39, 0.29) is 11.9 Å². The maximum atomic E-state index is 12.3.